The number of likely N-dealkylation sites (tertiary alicyclic amines) is 1. The Kier molecular flexibility index (Phi) is 11.7. The van der Waals surface area contributed by atoms with Crippen LogP contribution < -0.4 is 33.5 Å². The first-order valence-electron chi connectivity index (χ1n) is 13.8. The lowest BCUT2D eigenvalue weighted by atomic mass is 9.84. The van der Waals surface area contributed by atoms with Crippen LogP contribution in [0.25, 0.3) is 0 Å². The van der Waals surface area contributed by atoms with Gasteiger partial charge in [-0.15, -0.1) is 15.6 Å². The maximum Gasteiger partial charge on any atom is 0.418 e. The van der Waals surface area contributed by atoms with E-state index in [1.54, 1.807) is 24.3 Å². The van der Waals surface area contributed by atoms with Crippen LogP contribution in [0.5, 0.6) is 5.75 Å². The fourth-order valence-corrected chi connectivity index (χ4v) is 5.92. The molecule has 0 bridgehead atoms. The van der Waals surface area contributed by atoms with Crippen molar-refractivity contribution >= 4 is 50.2 Å². The maximum atomic E-state index is 13.1. The van der Waals surface area contributed by atoms with Crippen molar-refractivity contribution in [2.45, 2.75) is 38.3 Å². The number of carbonyl (C=O) groups excluding carboxylic acids is 2. The van der Waals surface area contributed by atoms with Crippen molar-refractivity contribution in [1.82, 2.24) is 20.7 Å². The Balaban J connectivity index is 0.00000552. The van der Waals surface area contributed by atoms with Crippen molar-refractivity contribution in [2.24, 2.45) is 5.16 Å². The van der Waals surface area contributed by atoms with Crippen molar-refractivity contribution in [3.63, 3.8) is 0 Å². The zero-order valence-electron chi connectivity index (χ0n) is 25.0. The zero-order chi connectivity index (χ0) is 32.1. The zero-order valence-corrected chi connectivity index (χ0v) is 27.4. The minimum atomic E-state index is -4.95. The van der Waals surface area contributed by atoms with Gasteiger partial charge in [0.25, 0.3) is 11.8 Å². The number of anilines is 1. The van der Waals surface area contributed by atoms with E-state index in [1.807, 2.05) is 0 Å². The van der Waals surface area contributed by atoms with Crippen LogP contribution in [0.1, 0.15) is 37.9 Å². The molecular weight excluding hydrogens is 652 g/mol. The smallest absolute Gasteiger partial charge is 0.418 e. The van der Waals surface area contributed by atoms with E-state index < -0.39 is 33.8 Å². The molecule has 2 aliphatic heterocycles. The van der Waals surface area contributed by atoms with E-state index in [2.05, 4.69) is 32.1 Å². The number of hydrogen-bond donors (Lipinski definition) is 5. The fourth-order valence-electron chi connectivity index (χ4n) is 4.92. The van der Waals surface area contributed by atoms with Crippen LogP contribution in [-0.4, -0.2) is 109 Å². The van der Waals surface area contributed by atoms with E-state index in [-0.39, 0.29) is 42.2 Å². The number of oxime groups is 1. The lowest BCUT2D eigenvalue weighted by molar-refractivity contribution is -0.896. The summed E-state index contributed by atoms with van der Waals surface area (Å²) >= 11 is 1.07. The van der Waals surface area contributed by atoms with Crippen molar-refractivity contribution in [1.29, 1.82) is 5.41 Å². The predicted octanol–water partition coefficient (Wildman–Crippen LogP) is -2.48. The minimum absolute atomic E-state index is 0. The highest BCUT2D eigenvalue weighted by Crippen LogP contribution is 2.33. The van der Waals surface area contributed by atoms with Gasteiger partial charge in [0.1, 0.15) is 29.9 Å². The second-order valence-corrected chi connectivity index (χ2v) is 13.1. The molecule has 2 amide bonds. The first-order valence-corrected chi connectivity index (χ1v) is 16.1. The van der Waals surface area contributed by atoms with Crippen LogP contribution in [0.2, 0.25) is 0 Å². The van der Waals surface area contributed by atoms with Gasteiger partial charge < -0.3 is 42.8 Å². The number of rotatable bonds is 14. The topological polar surface area (TPSA) is 219 Å². The van der Waals surface area contributed by atoms with Crippen LogP contribution in [0.3, 0.4) is 0 Å². The molecule has 0 aliphatic carbocycles. The van der Waals surface area contributed by atoms with Crippen molar-refractivity contribution in [3.8, 4) is 5.75 Å². The summed E-state index contributed by atoms with van der Waals surface area (Å²) in [6, 6.07) is 5.86. The number of nitrogens with one attached hydrogen (secondary N) is 3. The van der Waals surface area contributed by atoms with Gasteiger partial charge in [-0.05, 0) is 38.1 Å². The Labute approximate surface area is 271 Å². The van der Waals surface area contributed by atoms with Gasteiger partial charge in [-0.2, -0.15) is 13.5 Å². The van der Waals surface area contributed by atoms with E-state index in [1.165, 1.54) is 45.2 Å². The average molecular weight is 689 g/mol. The van der Waals surface area contributed by atoms with Gasteiger partial charge in [0.2, 0.25) is 0 Å². The van der Waals surface area contributed by atoms with Crippen LogP contribution in [0.15, 0.2) is 34.8 Å². The Morgan fingerprint density at radius 2 is 1.93 bits per heavy atom. The number of aromatic nitrogens is 1. The summed E-state index contributed by atoms with van der Waals surface area (Å²) < 4.78 is 42.0. The van der Waals surface area contributed by atoms with E-state index in [0.717, 1.165) is 34.5 Å². The standard InChI is InChI=1S/C26H36N8O8S2.ClH/c1-26(2)21(24(36)33(26)42-44(37,38)39)31-23(35)20(19-16-43-25(28)30-19)32-41-15-14-40-18-8-6-17(7-9-18)22(27)29-10-13-34(3)11-4-5-12-34;/h6-9,16,21H,4-5,10-15H2,1-3H3,(H5-,27,28,29,30,31,35,37,38,39);1H/t21-;/m1./s1. The molecule has 2 aliphatic rings. The van der Waals surface area contributed by atoms with E-state index in [4.69, 9.17) is 25.3 Å². The van der Waals surface area contributed by atoms with Crippen LogP contribution in [0.4, 0.5) is 5.13 Å². The highest BCUT2D eigenvalue weighted by atomic mass is 35.5. The van der Waals surface area contributed by atoms with Gasteiger partial charge in [-0.3, -0.25) is 19.6 Å². The molecule has 19 heteroatoms. The molecule has 16 nitrogen and oxygen atoms in total. The SMILES string of the molecule is CC1(C)[C@H](NC(=O)C(=NOCCOc2ccc(C(=N)NCC[N+]3(C)CCCC3)cc2)c2csc(N)n2)C(=O)N1OS(=O)(=O)O.[Cl-]. The third-order valence-corrected chi connectivity index (χ3v) is 8.45. The number of nitrogen functional groups attached to an aromatic ring is 1. The molecule has 2 aromatic rings. The number of thiazole rings is 1. The first kappa shape index (κ1) is 35.9. The molecule has 1 atom stereocenters. The summed E-state index contributed by atoms with van der Waals surface area (Å²) in [7, 11) is -2.69. The van der Waals surface area contributed by atoms with Crippen molar-refractivity contribution < 1.29 is 53.3 Å². The maximum absolute atomic E-state index is 13.1. The van der Waals surface area contributed by atoms with E-state index in [9.17, 15) is 18.0 Å². The Bertz CT molecular complexity index is 1510. The number of hydroxylamine groups is 2. The number of ether oxygens (including phenoxy) is 1. The average Bonchev–Trinajstić information content (AvgIpc) is 3.59. The van der Waals surface area contributed by atoms with Gasteiger partial charge >= 0.3 is 10.4 Å². The molecule has 0 radical (unpaired) electrons. The molecule has 1 aromatic heterocycles. The van der Waals surface area contributed by atoms with Crippen molar-refractivity contribution in [3.05, 3.63) is 40.9 Å². The second-order valence-electron chi connectivity index (χ2n) is 11.2. The van der Waals surface area contributed by atoms with Gasteiger partial charge in [0, 0.05) is 23.8 Å². The Morgan fingerprint density at radius 3 is 2.51 bits per heavy atom. The number of β-lactam (4-membered cyclic amide) rings is 1. The molecule has 1 aromatic carbocycles. The highest BCUT2D eigenvalue weighted by molar-refractivity contribution is 7.80. The van der Waals surface area contributed by atoms with E-state index >= 15 is 0 Å². The predicted molar refractivity (Wildman–Crippen MR) is 161 cm³/mol. The Morgan fingerprint density at radius 1 is 1.27 bits per heavy atom. The Hall–Kier alpha value is -3.55. The molecule has 0 saturated carbocycles. The summed E-state index contributed by atoms with van der Waals surface area (Å²) in [4.78, 5) is 34.9. The number of quaternary nitrogens is 1. The third kappa shape index (κ3) is 9.24. The van der Waals surface area contributed by atoms with Crippen LogP contribution >= 0.6 is 11.3 Å². The lowest BCUT2D eigenvalue weighted by Gasteiger charge is -2.50. The number of amidine groups is 1. The number of nitrogens with two attached hydrogens (primary N) is 1. The minimum Gasteiger partial charge on any atom is -1.00 e. The summed E-state index contributed by atoms with van der Waals surface area (Å²) in [6.07, 6.45) is 2.51. The number of amides is 2. The molecule has 248 valence electrons. The molecular formula is C26H37ClN8O8S2. The molecule has 3 heterocycles. The van der Waals surface area contributed by atoms with Crippen molar-refractivity contribution in [2.75, 3.05) is 52.2 Å². The van der Waals surface area contributed by atoms with Crippen LogP contribution in [0, 0.1) is 5.41 Å². The molecule has 2 saturated heterocycles. The largest absolute Gasteiger partial charge is 1.00 e. The third-order valence-electron chi connectivity index (χ3n) is 7.44. The molecule has 4 rings (SSSR count). The highest BCUT2D eigenvalue weighted by Gasteiger charge is 2.58. The summed E-state index contributed by atoms with van der Waals surface area (Å²) in [6.45, 7) is 6.97. The monoisotopic (exact) mass is 688 g/mol. The van der Waals surface area contributed by atoms with Gasteiger partial charge in [0.05, 0.1) is 38.8 Å². The lowest BCUT2D eigenvalue weighted by Crippen LogP contribution is -3.00. The number of likely N-dealkylation sites (N-methyl/N-ethyl adjacent to an activating group) is 1. The number of carbonyl (C=O) groups is 2. The van der Waals surface area contributed by atoms with Gasteiger partial charge in [-0.1, -0.05) is 5.16 Å². The molecule has 2 fully saturated rings. The molecule has 0 unspecified atom stereocenters. The number of benzene rings is 1. The summed E-state index contributed by atoms with van der Waals surface area (Å²) in [5, 5.41) is 19.9. The van der Waals surface area contributed by atoms with Gasteiger partial charge in [0.15, 0.2) is 17.5 Å². The van der Waals surface area contributed by atoms with Crippen LogP contribution in [-0.2, 0) is 29.1 Å². The van der Waals surface area contributed by atoms with E-state index in [0.29, 0.717) is 16.6 Å². The fraction of sp³-hybridized carbons (Fsp3) is 0.500. The van der Waals surface area contributed by atoms with Gasteiger partial charge in [-0.25, -0.2) is 4.98 Å². The first-order chi connectivity index (χ1) is 20.7. The molecule has 45 heavy (non-hydrogen) atoms. The summed E-state index contributed by atoms with van der Waals surface area (Å²) in [5.74, 6) is -0.838. The summed E-state index contributed by atoms with van der Waals surface area (Å²) in [5.41, 5.74) is 4.95. The number of hydrogen-bond acceptors (Lipinski definition) is 12. The normalized spacial score (nSPS) is 18.8. The second kappa shape index (κ2) is 14.7. The quantitative estimate of drug-likeness (QED) is 0.0266. The number of halogens is 1. The molecule has 0 spiro atoms. The number of nitrogens with zero attached hydrogens (tertiary/aromatic N) is 4. The molecule has 6 N–H and O–H groups in total.